The van der Waals surface area contributed by atoms with Crippen LogP contribution in [0.5, 0.6) is 0 Å². The van der Waals surface area contributed by atoms with Crippen molar-refractivity contribution in [3.63, 3.8) is 0 Å². The normalized spacial score (nSPS) is 23.3. The summed E-state index contributed by atoms with van der Waals surface area (Å²) in [5, 5.41) is 15.1. The van der Waals surface area contributed by atoms with Crippen molar-refractivity contribution in [1.29, 1.82) is 0 Å². The van der Waals surface area contributed by atoms with Crippen molar-refractivity contribution < 1.29 is 9.84 Å². The highest BCUT2D eigenvalue weighted by Gasteiger charge is 2.21. The Balaban J connectivity index is 0.00000128. The summed E-state index contributed by atoms with van der Waals surface area (Å²) in [7, 11) is 0. The number of aliphatic hydroxyl groups is 1. The molecule has 0 spiro atoms. The van der Waals surface area contributed by atoms with Crippen LogP contribution in [-0.2, 0) is 4.74 Å². The minimum atomic E-state index is 0. The molecule has 0 saturated heterocycles. The third kappa shape index (κ3) is 4.84. The molecule has 94 valence electrons. The molecule has 0 aromatic carbocycles. The van der Waals surface area contributed by atoms with Crippen molar-refractivity contribution in [1.82, 2.24) is 10.6 Å². The lowest BCUT2D eigenvalue weighted by molar-refractivity contribution is 0.129. The molecule has 1 atom stereocenters. The first-order chi connectivity index (χ1) is 7.38. The standard InChI is InChI=1S/C10H19N3O2.HI/c14-6-9-5-12-10(13-9)11-3-4-15-7-8-1-2-8;/h8-9,14H,1-7H2,(H2,11,12,13);1H/t9-;/m0./s1. The quantitative estimate of drug-likeness (QED) is 0.468. The summed E-state index contributed by atoms with van der Waals surface area (Å²) >= 11 is 0. The number of hydrogen-bond acceptors (Lipinski definition) is 5. The predicted octanol–water partition coefficient (Wildman–Crippen LogP) is -0.0593. The van der Waals surface area contributed by atoms with Gasteiger partial charge in [0.05, 0.1) is 25.8 Å². The Morgan fingerprint density at radius 1 is 1.50 bits per heavy atom. The van der Waals surface area contributed by atoms with Crippen LogP contribution in [0.4, 0.5) is 0 Å². The number of halogens is 1. The van der Waals surface area contributed by atoms with E-state index in [1.54, 1.807) is 0 Å². The third-order valence-electron chi connectivity index (χ3n) is 2.62. The van der Waals surface area contributed by atoms with Gasteiger partial charge in [0.1, 0.15) is 0 Å². The largest absolute Gasteiger partial charge is 0.394 e. The van der Waals surface area contributed by atoms with E-state index < -0.39 is 0 Å². The molecule has 2 rings (SSSR count). The molecule has 1 saturated carbocycles. The fraction of sp³-hybridized carbons (Fsp3) is 0.900. The maximum absolute atomic E-state index is 8.87. The van der Waals surface area contributed by atoms with Crippen LogP contribution in [0.1, 0.15) is 12.8 Å². The van der Waals surface area contributed by atoms with Crippen molar-refractivity contribution in [3.05, 3.63) is 0 Å². The van der Waals surface area contributed by atoms with Crippen molar-refractivity contribution in [2.24, 2.45) is 10.9 Å². The Morgan fingerprint density at radius 2 is 2.31 bits per heavy atom. The van der Waals surface area contributed by atoms with Gasteiger partial charge in [-0.25, -0.2) is 0 Å². The molecule has 1 heterocycles. The lowest BCUT2D eigenvalue weighted by atomic mass is 10.3. The minimum absolute atomic E-state index is 0. The average Bonchev–Trinajstić information content (AvgIpc) is 2.96. The summed E-state index contributed by atoms with van der Waals surface area (Å²) in [5.74, 6) is 1.61. The molecule has 3 N–H and O–H groups in total. The Labute approximate surface area is 113 Å². The second kappa shape index (κ2) is 7.29. The molecule has 0 aromatic rings. The van der Waals surface area contributed by atoms with Gasteiger partial charge in [0.2, 0.25) is 0 Å². The van der Waals surface area contributed by atoms with E-state index in [1.165, 1.54) is 12.8 Å². The van der Waals surface area contributed by atoms with Crippen LogP contribution >= 0.6 is 24.0 Å². The van der Waals surface area contributed by atoms with Crippen LogP contribution in [0, 0.1) is 5.92 Å². The topological polar surface area (TPSA) is 65.9 Å². The van der Waals surface area contributed by atoms with Gasteiger partial charge in [-0.15, -0.1) is 24.0 Å². The zero-order valence-electron chi connectivity index (χ0n) is 9.32. The van der Waals surface area contributed by atoms with Gasteiger partial charge in [-0.2, -0.15) is 0 Å². The fourth-order valence-electron chi connectivity index (χ4n) is 1.47. The van der Waals surface area contributed by atoms with Crippen LogP contribution in [-0.4, -0.2) is 50.0 Å². The number of ether oxygens (including phenoxy) is 1. The number of nitrogens with one attached hydrogen (secondary N) is 2. The molecule has 0 aromatic heterocycles. The molecule has 0 amide bonds. The van der Waals surface area contributed by atoms with Gasteiger partial charge in [-0.05, 0) is 18.8 Å². The Morgan fingerprint density at radius 3 is 2.94 bits per heavy atom. The van der Waals surface area contributed by atoms with Crippen LogP contribution in [0.2, 0.25) is 0 Å². The highest BCUT2D eigenvalue weighted by molar-refractivity contribution is 14.0. The van der Waals surface area contributed by atoms with Crippen LogP contribution in [0.3, 0.4) is 0 Å². The SMILES string of the molecule is I.OC[C@@H]1CN=C(NCCOCC2CC2)N1. The summed E-state index contributed by atoms with van der Waals surface area (Å²) in [6.07, 6.45) is 2.67. The van der Waals surface area contributed by atoms with Crippen molar-refractivity contribution in [2.45, 2.75) is 18.9 Å². The average molecular weight is 341 g/mol. The van der Waals surface area contributed by atoms with Gasteiger partial charge in [0.25, 0.3) is 0 Å². The van der Waals surface area contributed by atoms with E-state index >= 15 is 0 Å². The van der Waals surface area contributed by atoms with Crippen LogP contribution < -0.4 is 10.6 Å². The first kappa shape index (κ1) is 14.0. The van der Waals surface area contributed by atoms with E-state index in [0.29, 0.717) is 6.54 Å². The predicted molar refractivity (Wildman–Crippen MR) is 73.3 cm³/mol. The van der Waals surface area contributed by atoms with Gasteiger partial charge >= 0.3 is 0 Å². The summed E-state index contributed by atoms with van der Waals surface area (Å²) < 4.78 is 5.48. The molecule has 5 nitrogen and oxygen atoms in total. The number of aliphatic imine (C=N–C) groups is 1. The number of nitrogens with zero attached hydrogens (tertiary/aromatic N) is 1. The lowest BCUT2D eigenvalue weighted by Gasteiger charge is -2.10. The number of guanidine groups is 1. The molecule has 1 fully saturated rings. The molecular formula is C10H20IN3O2. The van der Waals surface area contributed by atoms with E-state index in [2.05, 4.69) is 15.6 Å². The minimum Gasteiger partial charge on any atom is -0.394 e. The molecule has 2 aliphatic rings. The summed E-state index contributed by atoms with van der Waals surface area (Å²) in [4.78, 5) is 4.21. The third-order valence-corrected chi connectivity index (χ3v) is 2.62. The number of rotatable bonds is 6. The zero-order chi connectivity index (χ0) is 10.5. The molecule has 1 aliphatic heterocycles. The molecule has 0 bridgehead atoms. The summed E-state index contributed by atoms with van der Waals surface area (Å²) in [6, 6.07) is 0.0832. The summed E-state index contributed by atoms with van der Waals surface area (Å²) in [5.41, 5.74) is 0. The van der Waals surface area contributed by atoms with E-state index in [-0.39, 0.29) is 36.6 Å². The Hall–Kier alpha value is -0.0800. The second-order valence-corrected chi connectivity index (χ2v) is 4.16. The van der Waals surface area contributed by atoms with Crippen molar-refractivity contribution in [3.8, 4) is 0 Å². The van der Waals surface area contributed by atoms with Gasteiger partial charge in [-0.1, -0.05) is 0 Å². The molecule has 16 heavy (non-hydrogen) atoms. The zero-order valence-corrected chi connectivity index (χ0v) is 11.6. The highest BCUT2D eigenvalue weighted by Crippen LogP contribution is 2.28. The van der Waals surface area contributed by atoms with Gasteiger partial charge in [-0.3, -0.25) is 4.99 Å². The molecule has 1 aliphatic carbocycles. The first-order valence-electron chi connectivity index (χ1n) is 5.62. The molecule has 6 heteroatoms. The van der Waals surface area contributed by atoms with Gasteiger partial charge in [0, 0.05) is 13.2 Å². The van der Waals surface area contributed by atoms with E-state index in [9.17, 15) is 0 Å². The highest BCUT2D eigenvalue weighted by atomic mass is 127. The van der Waals surface area contributed by atoms with E-state index in [4.69, 9.17) is 9.84 Å². The number of hydrogen-bond donors (Lipinski definition) is 3. The number of aliphatic hydroxyl groups excluding tert-OH is 1. The van der Waals surface area contributed by atoms with E-state index in [0.717, 1.165) is 31.6 Å². The lowest BCUT2D eigenvalue weighted by Crippen LogP contribution is -2.41. The fourth-order valence-corrected chi connectivity index (χ4v) is 1.47. The van der Waals surface area contributed by atoms with Gasteiger partial charge < -0.3 is 20.5 Å². The molecular weight excluding hydrogens is 321 g/mol. The monoisotopic (exact) mass is 341 g/mol. The summed E-state index contributed by atoms with van der Waals surface area (Å²) in [6.45, 7) is 3.19. The maximum atomic E-state index is 8.87. The molecule has 0 radical (unpaired) electrons. The smallest absolute Gasteiger partial charge is 0.191 e. The van der Waals surface area contributed by atoms with Crippen LogP contribution in [0.25, 0.3) is 0 Å². The van der Waals surface area contributed by atoms with Crippen molar-refractivity contribution >= 4 is 29.9 Å². The Kier molecular flexibility index (Phi) is 6.37. The molecule has 0 unspecified atom stereocenters. The van der Waals surface area contributed by atoms with Crippen LogP contribution in [0.15, 0.2) is 4.99 Å². The second-order valence-electron chi connectivity index (χ2n) is 4.16. The van der Waals surface area contributed by atoms with Crippen molar-refractivity contribution in [2.75, 3.05) is 32.9 Å². The first-order valence-corrected chi connectivity index (χ1v) is 5.62. The Bertz CT molecular complexity index is 234. The van der Waals surface area contributed by atoms with E-state index in [1.807, 2.05) is 0 Å². The maximum Gasteiger partial charge on any atom is 0.191 e. The van der Waals surface area contributed by atoms with Gasteiger partial charge in [0.15, 0.2) is 5.96 Å².